The molecule has 1 aromatic heterocycles. The summed E-state index contributed by atoms with van der Waals surface area (Å²) in [5, 5.41) is 0. The molecule has 1 aliphatic heterocycles. The van der Waals surface area contributed by atoms with Crippen molar-refractivity contribution >= 4 is 21.8 Å². The lowest BCUT2D eigenvalue weighted by Crippen LogP contribution is -2.30. The minimum atomic E-state index is 0.0267. The molecule has 0 N–H and O–H groups in total. The van der Waals surface area contributed by atoms with Gasteiger partial charge in [0.15, 0.2) is 0 Å². The Morgan fingerprint density at radius 2 is 2.47 bits per heavy atom. The number of nitrogens with zero attached hydrogens (tertiary/aromatic N) is 3. The van der Waals surface area contributed by atoms with Crippen LogP contribution < -0.4 is 0 Å². The Morgan fingerprint density at radius 3 is 3.00 bits per heavy atom. The molecule has 0 aliphatic carbocycles. The van der Waals surface area contributed by atoms with Crippen LogP contribution in [0.4, 0.5) is 0 Å². The molecular weight excluding hydrogens is 258 g/mol. The van der Waals surface area contributed by atoms with Crippen LogP contribution in [0.25, 0.3) is 0 Å². The number of carbonyl (C=O) groups excluding carboxylic acids is 1. The number of rotatable bonds is 3. The van der Waals surface area contributed by atoms with E-state index in [1.54, 1.807) is 6.20 Å². The van der Waals surface area contributed by atoms with E-state index >= 15 is 0 Å². The Bertz CT molecular complexity index is 363. The minimum absolute atomic E-state index is 0.0267. The molecule has 0 aromatic carbocycles. The Balaban J connectivity index is 1.89. The highest BCUT2D eigenvalue weighted by atomic mass is 79.9. The van der Waals surface area contributed by atoms with E-state index in [4.69, 9.17) is 0 Å². The van der Waals surface area contributed by atoms with Gasteiger partial charge in [-0.3, -0.25) is 4.79 Å². The standard InChI is InChI=1S/C10H14BrN3O/c1-13-7-4-12-9(13)3-6-14-5-2-8(11)10(14)15/h4,7-8H,2-3,5-6H2,1H3. The van der Waals surface area contributed by atoms with Crippen LogP contribution in [0.2, 0.25) is 0 Å². The summed E-state index contributed by atoms with van der Waals surface area (Å²) in [4.78, 5) is 17.8. The van der Waals surface area contributed by atoms with Crippen LogP contribution in [0.5, 0.6) is 0 Å². The van der Waals surface area contributed by atoms with E-state index in [1.807, 2.05) is 22.7 Å². The zero-order chi connectivity index (χ0) is 10.8. The van der Waals surface area contributed by atoms with E-state index in [0.29, 0.717) is 0 Å². The third kappa shape index (κ3) is 2.22. The molecule has 1 atom stereocenters. The Kier molecular flexibility index (Phi) is 3.09. The summed E-state index contributed by atoms with van der Waals surface area (Å²) in [6, 6.07) is 0. The van der Waals surface area contributed by atoms with E-state index < -0.39 is 0 Å². The van der Waals surface area contributed by atoms with Gasteiger partial charge in [0.2, 0.25) is 5.91 Å². The van der Waals surface area contributed by atoms with Gasteiger partial charge in [0.1, 0.15) is 5.82 Å². The molecule has 15 heavy (non-hydrogen) atoms. The highest BCUT2D eigenvalue weighted by Gasteiger charge is 2.28. The van der Waals surface area contributed by atoms with Crippen molar-refractivity contribution in [2.24, 2.45) is 7.05 Å². The zero-order valence-corrected chi connectivity index (χ0v) is 10.3. The molecule has 5 heteroatoms. The van der Waals surface area contributed by atoms with Crippen molar-refractivity contribution in [3.05, 3.63) is 18.2 Å². The van der Waals surface area contributed by atoms with Crippen molar-refractivity contribution in [3.63, 3.8) is 0 Å². The second-order valence-corrected chi connectivity index (χ2v) is 4.89. The number of imidazole rings is 1. The average molecular weight is 272 g/mol. The SMILES string of the molecule is Cn1ccnc1CCN1CCC(Br)C1=O. The van der Waals surface area contributed by atoms with Crippen molar-refractivity contribution in [1.29, 1.82) is 0 Å². The first-order valence-electron chi connectivity index (χ1n) is 5.07. The van der Waals surface area contributed by atoms with Crippen LogP contribution in [0, 0.1) is 0 Å². The number of aryl methyl sites for hydroxylation is 1. The normalized spacial score (nSPS) is 21.3. The van der Waals surface area contributed by atoms with Crippen LogP contribution in [0.15, 0.2) is 12.4 Å². The number of alkyl halides is 1. The van der Waals surface area contributed by atoms with Crippen molar-refractivity contribution in [3.8, 4) is 0 Å². The maximum absolute atomic E-state index is 11.6. The number of hydrogen-bond acceptors (Lipinski definition) is 2. The molecule has 1 aliphatic rings. The largest absolute Gasteiger partial charge is 0.341 e. The molecule has 0 bridgehead atoms. The molecule has 0 radical (unpaired) electrons. The van der Waals surface area contributed by atoms with Crippen molar-refractivity contribution in [1.82, 2.24) is 14.5 Å². The number of hydrogen-bond donors (Lipinski definition) is 0. The second-order valence-electron chi connectivity index (χ2n) is 3.79. The summed E-state index contributed by atoms with van der Waals surface area (Å²) in [6.45, 7) is 1.63. The van der Waals surface area contributed by atoms with E-state index in [9.17, 15) is 4.79 Å². The number of carbonyl (C=O) groups is 1. The van der Waals surface area contributed by atoms with Crippen molar-refractivity contribution in [2.75, 3.05) is 13.1 Å². The van der Waals surface area contributed by atoms with E-state index in [1.165, 1.54) is 0 Å². The fourth-order valence-corrected chi connectivity index (χ4v) is 2.29. The van der Waals surface area contributed by atoms with Crippen LogP contribution in [-0.2, 0) is 18.3 Å². The van der Waals surface area contributed by atoms with E-state index in [2.05, 4.69) is 20.9 Å². The van der Waals surface area contributed by atoms with Gasteiger partial charge in [-0.05, 0) is 6.42 Å². The molecule has 4 nitrogen and oxygen atoms in total. The summed E-state index contributed by atoms with van der Waals surface area (Å²) >= 11 is 3.37. The predicted octanol–water partition coefficient (Wildman–Crippen LogP) is 0.958. The van der Waals surface area contributed by atoms with Gasteiger partial charge in [0.05, 0.1) is 4.83 Å². The molecule has 1 amide bonds. The average Bonchev–Trinajstić information content (AvgIpc) is 2.74. The molecule has 2 heterocycles. The first-order chi connectivity index (χ1) is 7.18. The van der Waals surface area contributed by atoms with E-state index in [-0.39, 0.29) is 10.7 Å². The Morgan fingerprint density at radius 1 is 1.67 bits per heavy atom. The predicted molar refractivity (Wildman–Crippen MR) is 60.8 cm³/mol. The lowest BCUT2D eigenvalue weighted by molar-refractivity contribution is -0.127. The first kappa shape index (κ1) is 10.7. The lowest BCUT2D eigenvalue weighted by Gasteiger charge is -2.15. The first-order valence-corrected chi connectivity index (χ1v) is 5.99. The monoisotopic (exact) mass is 271 g/mol. The molecule has 1 saturated heterocycles. The molecule has 2 rings (SSSR count). The highest BCUT2D eigenvalue weighted by molar-refractivity contribution is 9.10. The number of likely N-dealkylation sites (tertiary alicyclic amines) is 1. The zero-order valence-electron chi connectivity index (χ0n) is 8.69. The number of aromatic nitrogens is 2. The molecule has 1 fully saturated rings. The molecule has 0 spiro atoms. The summed E-state index contributed by atoms with van der Waals surface area (Å²) in [7, 11) is 1.97. The molecular formula is C10H14BrN3O. The van der Waals surface area contributed by atoms with Gasteiger partial charge in [-0.25, -0.2) is 4.98 Å². The van der Waals surface area contributed by atoms with Gasteiger partial charge in [0.25, 0.3) is 0 Å². The fraction of sp³-hybridized carbons (Fsp3) is 0.600. The van der Waals surface area contributed by atoms with Crippen LogP contribution in [0.1, 0.15) is 12.2 Å². The quantitative estimate of drug-likeness (QED) is 0.769. The van der Waals surface area contributed by atoms with Crippen LogP contribution >= 0.6 is 15.9 Å². The summed E-state index contributed by atoms with van der Waals surface area (Å²) in [5.41, 5.74) is 0. The highest BCUT2D eigenvalue weighted by Crippen LogP contribution is 2.18. The minimum Gasteiger partial charge on any atom is -0.341 e. The van der Waals surface area contributed by atoms with Gasteiger partial charge in [-0.1, -0.05) is 15.9 Å². The third-order valence-corrected chi connectivity index (χ3v) is 3.61. The van der Waals surface area contributed by atoms with Crippen LogP contribution in [-0.4, -0.2) is 38.3 Å². The summed E-state index contributed by atoms with van der Waals surface area (Å²) in [5.74, 6) is 1.24. The number of halogens is 1. The fourth-order valence-electron chi connectivity index (χ4n) is 1.80. The maximum Gasteiger partial charge on any atom is 0.236 e. The topological polar surface area (TPSA) is 38.1 Å². The van der Waals surface area contributed by atoms with Gasteiger partial charge in [0, 0.05) is 39.0 Å². The Labute approximate surface area is 97.4 Å². The van der Waals surface area contributed by atoms with Gasteiger partial charge in [-0.15, -0.1) is 0 Å². The van der Waals surface area contributed by atoms with Gasteiger partial charge < -0.3 is 9.47 Å². The van der Waals surface area contributed by atoms with Crippen LogP contribution in [0.3, 0.4) is 0 Å². The molecule has 1 aromatic rings. The molecule has 82 valence electrons. The van der Waals surface area contributed by atoms with E-state index in [0.717, 1.165) is 31.8 Å². The van der Waals surface area contributed by atoms with Crippen molar-refractivity contribution in [2.45, 2.75) is 17.7 Å². The third-order valence-electron chi connectivity index (χ3n) is 2.76. The second kappa shape index (κ2) is 4.35. The van der Waals surface area contributed by atoms with Gasteiger partial charge in [-0.2, -0.15) is 0 Å². The summed E-state index contributed by atoms with van der Waals surface area (Å²) in [6.07, 6.45) is 5.46. The van der Waals surface area contributed by atoms with Gasteiger partial charge >= 0.3 is 0 Å². The lowest BCUT2D eigenvalue weighted by atomic mass is 10.3. The molecule has 1 unspecified atom stereocenters. The molecule has 0 saturated carbocycles. The maximum atomic E-state index is 11.6. The Hall–Kier alpha value is -0.840. The number of amides is 1. The summed E-state index contributed by atoms with van der Waals surface area (Å²) < 4.78 is 1.99. The van der Waals surface area contributed by atoms with Crippen molar-refractivity contribution < 1.29 is 4.79 Å². The smallest absolute Gasteiger partial charge is 0.236 e.